The van der Waals surface area contributed by atoms with E-state index < -0.39 is 3.98 Å². The van der Waals surface area contributed by atoms with E-state index in [-0.39, 0.29) is 5.78 Å². The highest BCUT2D eigenvalue weighted by molar-refractivity contribution is 14.1. The fourth-order valence-corrected chi connectivity index (χ4v) is 1.26. The molecule has 3 nitrogen and oxygen atoms in total. The highest BCUT2D eigenvalue weighted by atomic mass is 127. The molecule has 0 amide bonds. The molecule has 0 fully saturated rings. The summed E-state index contributed by atoms with van der Waals surface area (Å²) in [6.07, 6.45) is 0.478. The van der Waals surface area contributed by atoms with Crippen LogP contribution in [0.2, 0.25) is 0 Å². The largest absolute Gasteiger partial charge is 0.419 e. The molecule has 1 aromatic carbocycles. The minimum atomic E-state index is -0.392. The third-order valence-corrected chi connectivity index (χ3v) is 1.92. The predicted octanol–water partition coefficient (Wildman–Crippen LogP) is 3.21. The zero-order valence-corrected chi connectivity index (χ0v) is 9.78. The first-order valence-corrected chi connectivity index (χ1v) is 5.22. The Kier molecular flexibility index (Phi) is 4.06. The van der Waals surface area contributed by atoms with Crippen LogP contribution in [0, 0.1) is 0 Å². The molecule has 74 valence electrons. The van der Waals surface area contributed by atoms with Crippen LogP contribution in [-0.2, 0) is 0 Å². The van der Waals surface area contributed by atoms with Crippen molar-refractivity contribution in [1.29, 1.82) is 0 Å². The Bertz CT molecular complexity index is 343. The van der Waals surface area contributed by atoms with Gasteiger partial charge in [-0.2, -0.15) is 0 Å². The number of benzene rings is 1. The van der Waals surface area contributed by atoms with Gasteiger partial charge in [0, 0.05) is 12.0 Å². The van der Waals surface area contributed by atoms with E-state index in [9.17, 15) is 9.59 Å². The Morgan fingerprint density at radius 2 is 1.86 bits per heavy atom. The van der Waals surface area contributed by atoms with Crippen LogP contribution in [0.15, 0.2) is 24.3 Å². The summed E-state index contributed by atoms with van der Waals surface area (Å²) >= 11 is 1.55. The molecule has 4 heteroatoms. The molecule has 0 atom stereocenters. The molecule has 0 spiro atoms. The molecule has 0 saturated heterocycles. The average molecular weight is 304 g/mol. The Balaban J connectivity index is 2.78. The summed E-state index contributed by atoms with van der Waals surface area (Å²) in [5, 5.41) is 0. The molecule has 0 aromatic heterocycles. The van der Waals surface area contributed by atoms with Crippen LogP contribution in [0.5, 0.6) is 5.75 Å². The topological polar surface area (TPSA) is 43.4 Å². The van der Waals surface area contributed by atoms with Crippen molar-refractivity contribution < 1.29 is 14.3 Å². The number of Topliss-reactive ketones (excluding diaryl/α,β-unsaturated/α-hetero) is 1. The first kappa shape index (κ1) is 11.2. The van der Waals surface area contributed by atoms with Crippen molar-refractivity contribution in [1.82, 2.24) is 0 Å². The molecule has 0 radical (unpaired) electrons. The Morgan fingerprint density at radius 1 is 1.29 bits per heavy atom. The number of rotatable bonds is 3. The molecule has 14 heavy (non-hydrogen) atoms. The molecule has 0 unspecified atom stereocenters. The summed E-state index contributed by atoms with van der Waals surface area (Å²) in [4.78, 5) is 21.8. The van der Waals surface area contributed by atoms with Crippen molar-refractivity contribution in [2.45, 2.75) is 13.3 Å². The SMILES string of the molecule is CCC(=O)c1ccc(OC(=O)I)cc1. The third-order valence-electron chi connectivity index (χ3n) is 1.70. The number of hydrogen-bond acceptors (Lipinski definition) is 3. The first-order valence-electron chi connectivity index (χ1n) is 4.14. The Morgan fingerprint density at radius 3 is 2.29 bits per heavy atom. The minimum Gasteiger partial charge on any atom is -0.419 e. The summed E-state index contributed by atoms with van der Waals surface area (Å²) in [5.74, 6) is 0.536. The maximum Gasteiger partial charge on any atom is 0.372 e. The van der Waals surface area contributed by atoms with Gasteiger partial charge in [-0.3, -0.25) is 4.79 Å². The molecule has 1 rings (SSSR count). The van der Waals surface area contributed by atoms with Crippen molar-refractivity contribution in [3.8, 4) is 5.75 Å². The molecule has 0 heterocycles. The van der Waals surface area contributed by atoms with E-state index in [0.29, 0.717) is 17.7 Å². The summed E-state index contributed by atoms with van der Waals surface area (Å²) in [6.45, 7) is 1.81. The van der Waals surface area contributed by atoms with Gasteiger partial charge in [-0.05, 0) is 24.3 Å². The lowest BCUT2D eigenvalue weighted by Gasteiger charge is -2.01. The van der Waals surface area contributed by atoms with Crippen molar-refractivity contribution >= 4 is 32.4 Å². The molecular formula is C10H9IO3. The fourth-order valence-electron chi connectivity index (χ4n) is 1.01. The zero-order chi connectivity index (χ0) is 10.6. The third kappa shape index (κ3) is 3.10. The van der Waals surface area contributed by atoms with Gasteiger partial charge in [0.25, 0.3) is 0 Å². The second-order valence-corrected chi connectivity index (χ2v) is 3.52. The van der Waals surface area contributed by atoms with Crippen LogP contribution in [0.25, 0.3) is 0 Å². The number of carbonyl (C=O) groups excluding carboxylic acids is 2. The second kappa shape index (κ2) is 5.09. The predicted molar refractivity (Wildman–Crippen MR) is 61.1 cm³/mol. The van der Waals surface area contributed by atoms with Gasteiger partial charge in [0.05, 0.1) is 22.6 Å². The first-order chi connectivity index (χ1) is 6.63. The zero-order valence-electron chi connectivity index (χ0n) is 7.62. The summed E-state index contributed by atoms with van der Waals surface area (Å²) in [6, 6.07) is 6.53. The van der Waals surface area contributed by atoms with Gasteiger partial charge in [-0.15, -0.1) is 0 Å². The van der Waals surface area contributed by atoms with Crippen LogP contribution < -0.4 is 4.74 Å². The molecule has 0 aliphatic carbocycles. The number of ketones is 1. The smallest absolute Gasteiger partial charge is 0.372 e. The van der Waals surface area contributed by atoms with E-state index in [1.54, 1.807) is 53.8 Å². The molecule has 1 aromatic rings. The van der Waals surface area contributed by atoms with E-state index in [2.05, 4.69) is 0 Å². The van der Waals surface area contributed by atoms with Gasteiger partial charge in [-0.25, -0.2) is 4.79 Å². The van der Waals surface area contributed by atoms with Crippen LogP contribution in [-0.4, -0.2) is 9.76 Å². The van der Waals surface area contributed by atoms with E-state index in [0.717, 1.165) is 0 Å². The van der Waals surface area contributed by atoms with E-state index in [4.69, 9.17) is 4.74 Å². The lowest BCUT2D eigenvalue weighted by molar-refractivity contribution is 0.0988. The van der Waals surface area contributed by atoms with Crippen LogP contribution >= 0.6 is 22.6 Å². The highest BCUT2D eigenvalue weighted by Gasteiger charge is 2.03. The summed E-state index contributed by atoms with van der Waals surface area (Å²) < 4.78 is 4.43. The molecule has 0 bridgehead atoms. The van der Waals surface area contributed by atoms with Crippen molar-refractivity contribution in [2.24, 2.45) is 0 Å². The van der Waals surface area contributed by atoms with Gasteiger partial charge < -0.3 is 4.74 Å². The maximum atomic E-state index is 11.2. The van der Waals surface area contributed by atoms with Gasteiger partial charge in [-0.1, -0.05) is 6.92 Å². The average Bonchev–Trinajstić information content (AvgIpc) is 2.17. The van der Waals surface area contributed by atoms with Crippen LogP contribution in [0.1, 0.15) is 23.7 Å². The van der Waals surface area contributed by atoms with Crippen molar-refractivity contribution in [3.05, 3.63) is 29.8 Å². The standard InChI is InChI=1S/C10H9IO3/c1-2-9(12)7-3-5-8(6-4-7)14-10(11)13/h3-6H,2H2,1H3. The normalized spacial score (nSPS) is 9.57. The van der Waals surface area contributed by atoms with E-state index in [1.165, 1.54) is 0 Å². The minimum absolute atomic E-state index is 0.0809. The van der Waals surface area contributed by atoms with E-state index >= 15 is 0 Å². The fraction of sp³-hybridized carbons (Fsp3) is 0.200. The number of halogens is 1. The molecule has 0 saturated carbocycles. The van der Waals surface area contributed by atoms with Gasteiger partial charge in [0.2, 0.25) is 0 Å². The van der Waals surface area contributed by atoms with Gasteiger partial charge in [0.1, 0.15) is 5.75 Å². The number of hydrogen-bond donors (Lipinski definition) is 0. The van der Waals surface area contributed by atoms with Crippen LogP contribution in [0.4, 0.5) is 4.79 Å². The summed E-state index contributed by atoms with van der Waals surface area (Å²) in [5.41, 5.74) is 0.640. The lowest BCUT2D eigenvalue weighted by Crippen LogP contribution is -1.98. The highest BCUT2D eigenvalue weighted by Crippen LogP contribution is 2.14. The van der Waals surface area contributed by atoms with Crippen LogP contribution in [0.3, 0.4) is 0 Å². The molecule has 0 aliphatic heterocycles. The second-order valence-electron chi connectivity index (χ2n) is 2.64. The molecule has 0 aliphatic rings. The maximum absolute atomic E-state index is 11.2. The Hall–Kier alpha value is -0.910. The van der Waals surface area contributed by atoms with E-state index in [1.807, 2.05) is 0 Å². The quantitative estimate of drug-likeness (QED) is 0.489. The molecular weight excluding hydrogens is 295 g/mol. The summed E-state index contributed by atoms with van der Waals surface area (Å²) in [7, 11) is 0. The van der Waals surface area contributed by atoms with Gasteiger partial charge in [0.15, 0.2) is 5.78 Å². The molecule has 0 N–H and O–H groups in total. The van der Waals surface area contributed by atoms with Crippen molar-refractivity contribution in [2.75, 3.05) is 0 Å². The monoisotopic (exact) mass is 304 g/mol. The number of ether oxygens (including phenoxy) is 1. The lowest BCUT2D eigenvalue weighted by atomic mass is 10.1. The van der Waals surface area contributed by atoms with Gasteiger partial charge >= 0.3 is 3.98 Å². The van der Waals surface area contributed by atoms with Crippen molar-refractivity contribution in [3.63, 3.8) is 0 Å². The Labute approximate surface area is 95.6 Å². The number of carbonyl (C=O) groups is 2.